The number of benzene rings is 1. The summed E-state index contributed by atoms with van der Waals surface area (Å²) in [6.07, 6.45) is 4.87. The van der Waals surface area contributed by atoms with E-state index in [9.17, 15) is 9.59 Å². The van der Waals surface area contributed by atoms with Crippen molar-refractivity contribution in [2.24, 2.45) is 4.99 Å². The van der Waals surface area contributed by atoms with Crippen molar-refractivity contribution in [1.82, 2.24) is 4.57 Å². The lowest BCUT2D eigenvalue weighted by molar-refractivity contribution is -0.136. The van der Waals surface area contributed by atoms with E-state index in [1.807, 2.05) is 30.3 Å². The van der Waals surface area contributed by atoms with Gasteiger partial charge in [-0.25, -0.2) is 9.79 Å². The van der Waals surface area contributed by atoms with Gasteiger partial charge >= 0.3 is 5.97 Å². The number of methoxy groups -OCH3 is 1. The monoisotopic (exact) mass is 380 g/mol. The number of aromatic nitrogens is 1. The van der Waals surface area contributed by atoms with Gasteiger partial charge in [-0.3, -0.25) is 9.36 Å². The third-order valence-electron chi connectivity index (χ3n) is 4.38. The maximum atomic E-state index is 13.2. The van der Waals surface area contributed by atoms with E-state index in [1.165, 1.54) is 18.4 Å². The van der Waals surface area contributed by atoms with Crippen molar-refractivity contribution in [3.05, 3.63) is 91.0 Å². The minimum absolute atomic E-state index is 0.206. The molecule has 136 valence electrons. The molecule has 1 aliphatic rings. The molecule has 0 amide bonds. The van der Waals surface area contributed by atoms with Gasteiger partial charge in [0.05, 0.1) is 41.5 Å². The van der Waals surface area contributed by atoms with Crippen LogP contribution in [0.2, 0.25) is 0 Å². The summed E-state index contributed by atoms with van der Waals surface area (Å²) in [6, 6.07) is 10.6. The second kappa shape index (κ2) is 6.85. The molecule has 1 aromatic carbocycles. The fourth-order valence-electron chi connectivity index (χ4n) is 3.15. The Morgan fingerprint density at radius 2 is 2.07 bits per heavy atom. The lowest BCUT2D eigenvalue weighted by atomic mass is 9.96. The average Bonchev–Trinajstić information content (AvgIpc) is 3.29. The molecule has 0 N–H and O–H groups in total. The van der Waals surface area contributed by atoms with Crippen molar-refractivity contribution in [2.45, 2.75) is 13.0 Å². The molecule has 0 aliphatic carbocycles. The predicted molar refractivity (Wildman–Crippen MR) is 101 cm³/mol. The van der Waals surface area contributed by atoms with Crippen LogP contribution in [0.15, 0.2) is 74.4 Å². The quantitative estimate of drug-likeness (QED) is 0.652. The van der Waals surface area contributed by atoms with Gasteiger partial charge in [-0.15, -0.1) is 0 Å². The van der Waals surface area contributed by atoms with Crippen LogP contribution < -0.4 is 14.9 Å². The summed E-state index contributed by atoms with van der Waals surface area (Å²) in [6.45, 7) is 1.76. The number of fused-ring (bicyclic) bond motifs is 1. The predicted octanol–water partition coefficient (Wildman–Crippen LogP) is 2.00. The Hall–Kier alpha value is -3.19. The molecule has 0 bridgehead atoms. The number of esters is 1. The van der Waals surface area contributed by atoms with E-state index in [0.29, 0.717) is 20.6 Å². The Morgan fingerprint density at radius 1 is 1.30 bits per heavy atom. The van der Waals surface area contributed by atoms with Crippen LogP contribution in [0.5, 0.6) is 0 Å². The molecule has 7 heteroatoms. The maximum absolute atomic E-state index is 13.2. The second-order valence-corrected chi connectivity index (χ2v) is 7.05. The third kappa shape index (κ3) is 2.96. The van der Waals surface area contributed by atoms with Crippen LogP contribution in [-0.2, 0) is 9.53 Å². The summed E-state index contributed by atoms with van der Waals surface area (Å²) in [7, 11) is 1.33. The summed E-state index contributed by atoms with van der Waals surface area (Å²) in [5.41, 5.74) is 2.32. The Morgan fingerprint density at radius 3 is 2.74 bits per heavy atom. The minimum atomic E-state index is -0.582. The molecular weight excluding hydrogens is 364 g/mol. The largest absolute Gasteiger partial charge is 0.472 e. The number of furan rings is 1. The van der Waals surface area contributed by atoms with Crippen LogP contribution in [0, 0.1) is 0 Å². The molecule has 0 spiro atoms. The van der Waals surface area contributed by atoms with Crippen molar-refractivity contribution in [3.63, 3.8) is 0 Å². The van der Waals surface area contributed by atoms with Crippen molar-refractivity contribution in [3.8, 4) is 0 Å². The van der Waals surface area contributed by atoms with E-state index in [2.05, 4.69) is 4.99 Å². The van der Waals surface area contributed by atoms with E-state index in [-0.39, 0.29) is 5.56 Å². The molecule has 3 heterocycles. The molecule has 6 nitrogen and oxygen atoms in total. The van der Waals surface area contributed by atoms with Crippen LogP contribution >= 0.6 is 11.3 Å². The molecule has 27 heavy (non-hydrogen) atoms. The number of carbonyl (C=O) groups is 1. The highest BCUT2D eigenvalue weighted by Gasteiger charge is 2.32. The average molecular weight is 380 g/mol. The molecule has 1 aliphatic heterocycles. The number of hydrogen-bond acceptors (Lipinski definition) is 6. The first-order valence-corrected chi connectivity index (χ1v) is 9.10. The summed E-state index contributed by atoms with van der Waals surface area (Å²) in [5.74, 6) is -0.491. The molecule has 2 aromatic heterocycles. The van der Waals surface area contributed by atoms with Crippen molar-refractivity contribution < 1.29 is 13.9 Å². The van der Waals surface area contributed by atoms with E-state index < -0.39 is 12.0 Å². The third-order valence-corrected chi connectivity index (χ3v) is 5.37. The van der Waals surface area contributed by atoms with E-state index in [0.717, 1.165) is 11.1 Å². The molecule has 0 radical (unpaired) electrons. The van der Waals surface area contributed by atoms with Crippen LogP contribution in [0.3, 0.4) is 0 Å². The summed E-state index contributed by atoms with van der Waals surface area (Å²) in [5, 5.41) is 0. The molecule has 0 unspecified atom stereocenters. The first kappa shape index (κ1) is 17.2. The Labute approximate surface area is 158 Å². The number of ether oxygens (including phenoxy) is 1. The Kier molecular flexibility index (Phi) is 4.37. The molecular formula is C20H16N2O4S. The standard InChI is InChI=1S/C20H16N2O4S/c1-12-16(19(24)25-2)17(14-6-4-3-5-7-14)22-18(23)15(27-20(22)21-12)10-13-8-9-26-11-13/h3-11,17H,1-2H3/b15-10-/t17-/m1/s1. The topological polar surface area (TPSA) is 73.8 Å². The van der Waals surface area contributed by atoms with Crippen molar-refractivity contribution >= 4 is 23.4 Å². The van der Waals surface area contributed by atoms with E-state index in [1.54, 1.807) is 36.2 Å². The Bertz CT molecular complexity index is 1200. The number of thiazole rings is 1. The van der Waals surface area contributed by atoms with Gasteiger partial charge in [-0.1, -0.05) is 41.7 Å². The second-order valence-electron chi connectivity index (χ2n) is 6.04. The van der Waals surface area contributed by atoms with Crippen LogP contribution in [0.1, 0.15) is 24.1 Å². The van der Waals surface area contributed by atoms with Crippen LogP contribution in [-0.4, -0.2) is 17.6 Å². The minimum Gasteiger partial charge on any atom is -0.472 e. The molecule has 0 fully saturated rings. The molecule has 4 rings (SSSR count). The lowest BCUT2D eigenvalue weighted by Crippen LogP contribution is -2.39. The van der Waals surface area contributed by atoms with Gasteiger partial charge in [0.15, 0.2) is 4.80 Å². The molecule has 0 saturated carbocycles. The van der Waals surface area contributed by atoms with Gasteiger partial charge in [-0.2, -0.15) is 0 Å². The zero-order valence-corrected chi connectivity index (χ0v) is 15.5. The highest BCUT2D eigenvalue weighted by atomic mass is 32.1. The van der Waals surface area contributed by atoms with E-state index in [4.69, 9.17) is 9.15 Å². The fraction of sp³-hybridized carbons (Fsp3) is 0.150. The number of hydrogen-bond donors (Lipinski definition) is 0. The number of carbonyl (C=O) groups excluding carboxylic acids is 1. The van der Waals surface area contributed by atoms with Gasteiger partial charge in [0.1, 0.15) is 0 Å². The molecule has 3 aromatic rings. The zero-order valence-electron chi connectivity index (χ0n) is 14.7. The lowest BCUT2D eigenvalue weighted by Gasteiger charge is -2.24. The SMILES string of the molecule is COC(=O)C1=C(C)N=c2s/c(=C\c3ccoc3)c(=O)n2[C@@H]1c1ccccc1. The summed E-state index contributed by atoms with van der Waals surface area (Å²) in [4.78, 5) is 30.7. The smallest absolute Gasteiger partial charge is 0.338 e. The Balaban J connectivity index is 2.00. The van der Waals surface area contributed by atoms with Gasteiger partial charge in [-0.05, 0) is 24.6 Å². The van der Waals surface area contributed by atoms with Gasteiger partial charge < -0.3 is 9.15 Å². The van der Waals surface area contributed by atoms with Crippen molar-refractivity contribution in [2.75, 3.05) is 7.11 Å². The number of nitrogens with zero attached hydrogens (tertiary/aromatic N) is 2. The number of rotatable bonds is 3. The normalized spacial score (nSPS) is 16.8. The summed E-state index contributed by atoms with van der Waals surface area (Å²) < 4.78 is 12.1. The van der Waals surface area contributed by atoms with Gasteiger partial charge in [0.2, 0.25) is 0 Å². The van der Waals surface area contributed by atoms with Crippen molar-refractivity contribution in [1.29, 1.82) is 0 Å². The number of allylic oxidation sites excluding steroid dienone is 1. The highest BCUT2D eigenvalue weighted by Crippen LogP contribution is 2.30. The highest BCUT2D eigenvalue weighted by molar-refractivity contribution is 7.07. The van der Waals surface area contributed by atoms with Crippen LogP contribution in [0.4, 0.5) is 0 Å². The fourth-order valence-corrected chi connectivity index (χ4v) is 4.20. The first-order chi connectivity index (χ1) is 13.1. The van der Waals surface area contributed by atoms with E-state index >= 15 is 0 Å². The maximum Gasteiger partial charge on any atom is 0.338 e. The van der Waals surface area contributed by atoms with Gasteiger partial charge in [0, 0.05) is 5.56 Å². The molecule has 1 atom stereocenters. The zero-order chi connectivity index (χ0) is 19.0. The van der Waals surface area contributed by atoms with Gasteiger partial charge in [0.25, 0.3) is 5.56 Å². The summed E-state index contributed by atoms with van der Waals surface area (Å²) >= 11 is 1.28. The van der Waals surface area contributed by atoms with Crippen LogP contribution in [0.25, 0.3) is 6.08 Å². The molecule has 0 saturated heterocycles. The first-order valence-electron chi connectivity index (χ1n) is 8.28.